The molecule has 64 valence electrons. The maximum atomic E-state index is 10.9. The number of carbonyl (C=O) groups excluding carboxylic acids is 1. The molecule has 0 amide bonds. The lowest BCUT2D eigenvalue weighted by Crippen LogP contribution is -2.19. The Kier molecular flexibility index (Phi) is 4.54. The van der Waals surface area contributed by atoms with Gasteiger partial charge in [0.25, 0.3) is 0 Å². The predicted molar refractivity (Wildman–Crippen MR) is 44.0 cm³/mol. The molecule has 0 fully saturated rings. The minimum atomic E-state index is -0.343. The lowest BCUT2D eigenvalue weighted by molar-refractivity contribution is -0.138. The molecule has 0 aliphatic heterocycles. The van der Waals surface area contributed by atoms with Crippen molar-refractivity contribution >= 4 is 5.97 Å². The largest absolute Gasteiger partial charge is 0.463 e. The molecule has 3 nitrogen and oxygen atoms in total. The molecular formula is C8H15NO2. The van der Waals surface area contributed by atoms with Crippen molar-refractivity contribution in [3.63, 3.8) is 0 Å². The number of hydrogen-bond donors (Lipinski definition) is 1. The lowest BCUT2D eigenvalue weighted by atomic mass is 10.1. The van der Waals surface area contributed by atoms with Gasteiger partial charge in [-0.3, -0.25) is 0 Å². The zero-order chi connectivity index (χ0) is 8.85. The first-order valence-electron chi connectivity index (χ1n) is 3.68. The summed E-state index contributed by atoms with van der Waals surface area (Å²) in [5, 5.41) is 0. The molecule has 11 heavy (non-hydrogen) atoms. The third kappa shape index (κ3) is 4.56. The van der Waals surface area contributed by atoms with Crippen LogP contribution in [0.3, 0.4) is 0 Å². The highest BCUT2D eigenvalue weighted by Gasteiger charge is 2.08. The van der Waals surface area contributed by atoms with Gasteiger partial charge < -0.3 is 10.5 Å². The quantitative estimate of drug-likeness (QED) is 0.486. The maximum Gasteiger partial charge on any atom is 0.333 e. The van der Waals surface area contributed by atoms with Crippen LogP contribution in [0.2, 0.25) is 0 Å². The van der Waals surface area contributed by atoms with E-state index < -0.39 is 0 Å². The van der Waals surface area contributed by atoms with Crippen LogP contribution in [0.15, 0.2) is 12.2 Å². The Labute approximate surface area is 67.2 Å². The highest BCUT2D eigenvalue weighted by atomic mass is 16.5. The van der Waals surface area contributed by atoms with Gasteiger partial charge in [-0.25, -0.2) is 4.79 Å². The van der Waals surface area contributed by atoms with Gasteiger partial charge in [-0.2, -0.15) is 0 Å². The van der Waals surface area contributed by atoms with Crippen LogP contribution >= 0.6 is 0 Å². The van der Waals surface area contributed by atoms with E-state index in [0.717, 1.165) is 0 Å². The van der Waals surface area contributed by atoms with Gasteiger partial charge in [-0.05, 0) is 20.3 Å². The second-order valence-electron chi connectivity index (χ2n) is 2.51. The summed E-state index contributed by atoms with van der Waals surface area (Å²) < 4.78 is 4.71. The van der Waals surface area contributed by atoms with Gasteiger partial charge in [-0.15, -0.1) is 0 Å². The van der Waals surface area contributed by atoms with Crippen molar-refractivity contribution in [2.75, 3.05) is 6.61 Å². The topological polar surface area (TPSA) is 52.3 Å². The van der Waals surface area contributed by atoms with Crippen molar-refractivity contribution in [3.05, 3.63) is 12.2 Å². The standard InChI is InChI=1S/C8H15NO2/c1-4-11-8(10)6(2)5-7(3)9/h7H,2,4-5,9H2,1,3H3/t7-/m1/s1. The highest BCUT2D eigenvalue weighted by molar-refractivity contribution is 5.87. The summed E-state index contributed by atoms with van der Waals surface area (Å²) in [7, 11) is 0. The fraction of sp³-hybridized carbons (Fsp3) is 0.625. The van der Waals surface area contributed by atoms with Crippen molar-refractivity contribution < 1.29 is 9.53 Å². The van der Waals surface area contributed by atoms with E-state index in [2.05, 4.69) is 6.58 Å². The second-order valence-corrected chi connectivity index (χ2v) is 2.51. The summed E-state index contributed by atoms with van der Waals surface area (Å²) in [6.07, 6.45) is 0.499. The van der Waals surface area contributed by atoms with E-state index in [1.54, 1.807) is 6.92 Å². The van der Waals surface area contributed by atoms with Crippen LogP contribution in [0.5, 0.6) is 0 Å². The van der Waals surface area contributed by atoms with Gasteiger partial charge in [0.15, 0.2) is 0 Å². The van der Waals surface area contributed by atoms with Crippen molar-refractivity contribution in [2.45, 2.75) is 26.3 Å². The summed E-state index contributed by atoms with van der Waals surface area (Å²) in [6.45, 7) is 7.53. The monoisotopic (exact) mass is 157 g/mol. The summed E-state index contributed by atoms with van der Waals surface area (Å²) >= 11 is 0. The third-order valence-corrected chi connectivity index (χ3v) is 1.13. The maximum absolute atomic E-state index is 10.9. The molecular weight excluding hydrogens is 142 g/mol. The Hall–Kier alpha value is -0.830. The number of nitrogens with two attached hydrogens (primary N) is 1. The molecule has 0 bridgehead atoms. The van der Waals surface area contributed by atoms with Crippen molar-refractivity contribution in [2.24, 2.45) is 5.73 Å². The number of hydrogen-bond acceptors (Lipinski definition) is 3. The molecule has 0 saturated carbocycles. The van der Waals surface area contributed by atoms with Gasteiger partial charge >= 0.3 is 5.97 Å². The van der Waals surface area contributed by atoms with Gasteiger partial charge in [0.1, 0.15) is 0 Å². The molecule has 0 radical (unpaired) electrons. The van der Waals surface area contributed by atoms with Crippen molar-refractivity contribution in [1.82, 2.24) is 0 Å². The van der Waals surface area contributed by atoms with Crippen LogP contribution in [-0.4, -0.2) is 18.6 Å². The Morgan fingerprint density at radius 1 is 1.73 bits per heavy atom. The van der Waals surface area contributed by atoms with E-state index in [1.165, 1.54) is 0 Å². The van der Waals surface area contributed by atoms with Crippen LogP contribution < -0.4 is 5.73 Å². The molecule has 0 aromatic carbocycles. The molecule has 2 N–H and O–H groups in total. The molecule has 0 aromatic heterocycles. The second kappa shape index (κ2) is 4.91. The molecule has 0 spiro atoms. The van der Waals surface area contributed by atoms with Crippen LogP contribution in [-0.2, 0) is 9.53 Å². The summed E-state index contributed by atoms with van der Waals surface area (Å²) in [4.78, 5) is 10.9. The molecule has 0 aliphatic carbocycles. The molecule has 3 heteroatoms. The van der Waals surface area contributed by atoms with Gasteiger partial charge in [-0.1, -0.05) is 6.58 Å². The van der Waals surface area contributed by atoms with E-state index in [4.69, 9.17) is 10.5 Å². The Bertz CT molecular complexity index is 152. The van der Waals surface area contributed by atoms with Crippen molar-refractivity contribution in [1.29, 1.82) is 0 Å². The van der Waals surface area contributed by atoms with E-state index in [0.29, 0.717) is 18.6 Å². The first kappa shape index (κ1) is 10.2. The molecule has 0 aliphatic rings. The number of carbonyl (C=O) groups is 1. The molecule has 0 aromatic rings. The van der Waals surface area contributed by atoms with Crippen molar-refractivity contribution in [3.8, 4) is 0 Å². The molecule has 0 heterocycles. The predicted octanol–water partition coefficient (Wildman–Crippen LogP) is 0.843. The van der Waals surface area contributed by atoms with Gasteiger partial charge in [0, 0.05) is 11.6 Å². The number of esters is 1. The van der Waals surface area contributed by atoms with E-state index >= 15 is 0 Å². The van der Waals surface area contributed by atoms with Crippen LogP contribution in [0.4, 0.5) is 0 Å². The highest BCUT2D eigenvalue weighted by Crippen LogP contribution is 2.02. The molecule has 0 unspecified atom stereocenters. The molecule has 1 atom stereocenters. The summed E-state index contributed by atoms with van der Waals surface area (Å²) in [5.41, 5.74) is 5.90. The first-order valence-corrected chi connectivity index (χ1v) is 3.68. The van der Waals surface area contributed by atoms with E-state index in [9.17, 15) is 4.79 Å². The van der Waals surface area contributed by atoms with Crippen LogP contribution in [0.1, 0.15) is 20.3 Å². The van der Waals surface area contributed by atoms with Crippen LogP contribution in [0.25, 0.3) is 0 Å². The fourth-order valence-electron chi connectivity index (χ4n) is 0.705. The van der Waals surface area contributed by atoms with E-state index in [1.807, 2.05) is 6.92 Å². The van der Waals surface area contributed by atoms with E-state index in [-0.39, 0.29) is 12.0 Å². The summed E-state index contributed by atoms with van der Waals surface area (Å²) in [5.74, 6) is -0.343. The minimum absolute atomic E-state index is 0.0353. The first-order chi connectivity index (χ1) is 5.07. The molecule has 0 rings (SSSR count). The summed E-state index contributed by atoms with van der Waals surface area (Å²) in [6, 6.07) is -0.0353. The fourth-order valence-corrected chi connectivity index (χ4v) is 0.705. The average Bonchev–Trinajstić information content (AvgIpc) is 1.86. The lowest BCUT2D eigenvalue weighted by Gasteiger charge is -2.06. The van der Waals surface area contributed by atoms with Gasteiger partial charge in [0.05, 0.1) is 6.61 Å². The average molecular weight is 157 g/mol. The Balaban J connectivity index is 3.74. The zero-order valence-corrected chi connectivity index (χ0v) is 7.09. The Morgan fingerprint density at radius 2 is 2.27 bits per heavy atom. The third-order valence-electron chi connectivity index (χ3n) is 1.13. The SMILES string of the molecule is C=C(C[C@@H](C)N)C(=O)OCC. The van der Waals surface area contributed by atoms with Crippen LogP contribution in [0, 0.1) is 0 Å². The number of ether oxygens (including phenoxy) is 1. The zero-order valence-electron chi connectivity index (χ0n) is 7.09. The smallest absolute Gasteiger partial charge is 0.333 e. The van der Waals surface area contributed by atoms with Gasteiger partial charge in [0.2, 0.25) is 0 Å². The Morgan fingerprint density at radius 3 is 2.64 bits per heavy atom. The normalized spacial score (nSPS) is 12.3. The molecule has 0 saturated heterocycles. The number of rotatable bonds is 4. The minimum Gasteiger partial charge on any atom is -0.463 e.